The van der Waals surface area contributed by atoms with Gasteiger partial charge in [0, 0.05) is 4.88 Å². The quantitative estimate of drug-likeness (QED) is 0.912. The van der Waals surface area contributed by atoms with Crippen LogP contribution in [0.1, 0.15) is 42.5 Å². The Labute approximate surface area is 126 Å². The Morgan fingerprint density at radius 3 is 2.81 bits per heavy atom. The minimum absolute atomic E-state index is 0.118. The van der Waals surface area contributed by atoms with E-state index >= 15 is 0 Å². The summed E-state index contributed by atoms with van der Waals surface area (Å²) in [4.78, 5) is 25.5. The van der Waals surface area contributed by atoms with Crippen molar-refractivity contribution < 1.29 is 14.7 Å². The normalized spacial score (nSPS) is 13.0. The molecule has 1 aromatic heterocycles. The van der Waals surface area contributed by atoms with E-state index in [2.05, 4.69) is 5.32 Å². The Balaban J connectivity index is 1.89. The van der Waals surface area contributed by atoms with Gasteiger partial charge in [0.15, 0.2) is 0 Å². The fourth-order valence-corrected chi connectivity index (χ4v) is 3.78. The number of carbonyl (C=O) groups is 2. The first-order chi connectivity index (χ1) is 10.1. The first-order valence-corrected chi connectivity index (χ1v) is 7.64. The molecule has 5 heteroatoms. The summed E-state index contributed by atoms with van der Waals surface area (Å²) in [6.45, 7) is 1.79. The molecule has 21 heavy (non-hydrogen) atoms. The van der Waals surface area contributed by atoms with Gasteiger partial charge in [-0.15, -0.1) is 11.3 Å². The Morgan fingerprint density at radius 2 is 2.10 bits per heavy atom. The smallest absolute Gasteiger partial charge is 0.337 e. The molecule has 0 atom stereocenters. The lowest BCUT2D eigenvalue weighted by Gasteiger charge is -2.10. The van der Waals surface area contributed by atoms with E-state index in [0.29, 0.717) is 10.6 Å². The number of benzene rings is 1. The molecule has 3 rings (SSSR count). The van der Waals surface area contributed by atoms with Crippen LogP contribution in [0.4, 0.5) is 5.69 Å². The molecule has 0 fully saturated rings. The molecule has 0 saturated carbocycles. The van der Waals surface area contributed by atoms with Crippen LogP contribution in [0.15, 0.2) is 24.3 Å². The molecular formula is C16H15NO3S. The van der Waals surface area contributed by atoms with E-state index in [1.54, 1.807) is 19.1 Å². The van der Waals surface area contributed by atoms with Crippen LogP contribution in [0.3, 0.4) is 0 Å². The van der Waals surface area contributed by atoms with Gasteiger partial charge in [0.25, 0.3) is 5.91 Å². The number of nitrogens with one attached hydrogen (secondary N) is 1. The number of hydrogen-bond acceptors (Lipinski definition) is 3. The van der Waals surface area contributed by atoms with Crippen LogP contribution in [-0.4, -0.2) is 17.0 Å². The second-order valence-corrected chi connectivity index (χ2v) is 6.31. The molecule has 0 aliphatic heterocycles. The maximum atomic E-state index is 12.4. The Hall–Kier alpha value is -2.14. The van der Waals surface area contributed by atoms with Crippen molar-refractivity contribution in [2.75, 3.05) is 5.32 Å². The van der Waals surface area contributed by atoms with Crippen molar-refractivity contribution in [1.82, 2.24) is 0 Å². The minimum Gasteiger partial charge on any atom is -0.478 e. The highest BCUT2D eigenvalue weighted by molar-refractivity contribution is 7.14. The molecule has 0 unspecified atom stereocenters. The average Bonchev–Trinajstić information content (AvgIpc) is 3.01. The number of carboxylic acid groups (broad SMARTS) is 1. The van der Waals surface area contributed by atoms with Crippen LogP contribution >= 0.6 is 11.3 Å². The van der Waals surface area contributed by atoms with Crippen LogP contribution in [-0.2, 0) is 12.8 Å². The van der Waals surface area contributed by atoms with Crippen molar-refractivity contribution in [2.24, 2.45) is 0 Å². The van der Waals surface area contributed by atoms with Gasteiger partial charge >= 0.3 is 5.97 Å². The van der Waals surface area contributed by atoms with E-state index in [1.165, 1.54) is 27.8 Å². The van der Waals surface area contributed by atoms with Crippen molar-refractivity contribution in [3.8, 4) is 0 Å². The maximum Gasteiger partial charge on any atom is 0.337 e. The van der Waals surface area contributed by atoms with Crippen LogP contribution in [0.2, 0.25) is 0 Å². The Kier molecular flexibility index (Phi) is 3.51. The van der Waals surface area contributed by atoms with Crippen molar-refractivity contribution in [2.45, 2.75) is 26.2 Å². The van der Waals surface area contributed by atoms with Crippen LogP contribution in [0.5, 0.6) is 0 Å². The Morgan fingerprint density at radius 1 is 1.29 bits per heavy atom. The lowest BCUT2D eigenvalue weighted by Crippen LogP contribution is -2.14. The molecule has 0 spiro atoms. The highest BCUT2D eigenvalue weighted by Crippen LogP contribution is 2.31. The lowest BCUT2D eigenvalue weighted by atomic mass is 10.1. The molecule has 1 aromatic carbocycles. The molecule has 0 saturated heterocycles. The van der Waals surface area contributed by atoms with Gasteiger partial charge in [-0.25, -0.2) is 4.79 Å². The molecule has 1 aliphatic rings. The molecule has 4 nitrogen and oxygen atoms in total. The van der Waals surface area contributed by atoms with Crippen LogP contribution in [0.25, 0.3) is 0 Å². The van der Waals surface area contributed by atoms with Gasteiger partial charge in [-0.3, -0.25) is 4.79 Å². The van der Waals surface area contributed by atoms with E-state index in [9.17, 15) is 14.7 Å². The number of rotatable bonds is 3. The summed E-state index contributed by atoms with van der Waals surface area (Å²) in [5, 5.41) is 12.0. The van der Waals surface area contributed by atoms with Gasteiger partial charge in [0.1, 0.15) is 0 Å². The van der Waals surface area contributed by atoms with Crippen molar-refractivity contribution in [3.63, 3.8) is 0 Å². The molecule has 1 aliphatic carbocycles. The van der Waals surface area contributed by atoms with Gasteiger partial charge in [-0.1, -0.05) is 12.1 Å². The number of aryl methyl sites for hydroxylation is 3. The van der Waals surface area contributed by atoms with Gasteiger partial charge < -0.3 is 10.4 Å². The molecule has 108 valence electrons. The summed E-state index contributed by atoms with van der Waals surface area (Å²) in [6, 6.07) is 6.89. The number of aromatic carboxylic acids is 1. The lowest BCUT2D eigenvalue weighted by molar-refractivity contribution is 0.0698. The number of para-hydroxylation sites is 1. The number of carboxylic acids is 1. The third-order valence-corrected chi connectivity index (χ3v) is 4.95. The predicted molar refractivity (Wildman–Crippen MR) is 82.4 cm³/mol. The zero-order valence-corrected chi connectivity index (χ0v) is 12.4. The summed E-state index contributed by atoms with van der Waals surface area (Å²) in [5.41, 5.74) is 2.50. The van der Waals surface area contributed by atoms with Gasteiger partial charge in [0.2, 0.25) is 0 Å². The Bertz CT molecular complexity index is 712. The average molecular weight is 301 g/mol. The number of carbonyl (C=O) groups excluding carboxylic acids is 1. The third-order valence-electron chi connectivity index (χ3n) is 3.71. The maximum absolute atomic E-state index is 12.4. The zero-order valence-electron chi connectivity index (χ0n) is 11.6. The van der Waals surface area contributed by atoms with E-state index in [-0.39, 0.29) is 11.5 Å². The monoisotopic (exact) mass is 301 g/mol. The number of anilines is 1. The van der Waals surface area contributed by atoms with Gasteiger partial charge in [-0.05, 0) is 49.4 Å². The molecule has 1 amide bonds. The van der Waals surface area contributed by atoms with Crippen LogP contribution < -0.4 is 5.32 Å². The van der Waals surface area contributed by atoms with E-state index in [1.807, 2.05) is 6.07 Å². The highest BCUT2D eigenvalue weighted by Gasteiger charge is 2.20. The van der Waals surface area contributed by atoms with Crippen LogP contribution in [0, 0.1) is 6.92 Å². The summed E-state index contributed by atoms with van der Waals surface area (Å²) in [7, 11) is 0. The number of hydrogen-bond donors (Lipinski definition) is 2. The summed E-state index contributed by atoms with van der Waals surface area (Å²) in [6.07, 6.45) is 3.23. The fraction of sp³-hybridized carbons (Fsp3) is 0.250. The topological polar surface area (TPSA) is 66.4 Å². The molecular weight excluding hydrogens is 286 g/mol. The fourth-order valence-electron chi connectivity index (χ4n) is 2.63. The van der Waals surface area contributed by atoms with Crippen molar-refractivity contribution in [1.29, 1.82) is 0 Å². The van der Waals surface area contributed by atoms with E-state index < -0.39 is 5.97 Å². The summed E-state index contributed by atoms with van der Waals surface area (Å²) < 4.78 is 0. The van der Waals surface area contributed by atoms with Crippen molar-refractivity contribution >= 4 is 28.9 Å². The molecule has 0 bridgehead atoms. The zero-order chi connectivity index (χ0) is 15.0. The number of fused-ring (bicyclic) bond motifs is 1. The minimum atomic E-state index is -1.04. The standard InChI is InChI=1S/C16H15NO3S/c1-9-4-2-6-11(16(19)20)14(9)17-15(18)13-8-10-5-3-7-12(10)21-13/h2,4,6,8H,3,5,7H2,1H3,(H,17,18)(H,19,20). The van der Waals surface area contributed by atoms with Gasteiger partial charge in [-0.2, -0.15) is 0 Å². The van der Waals surface area contributed by atoms with E-state index in [0.717, 1.165) is 24.8 Å². The number of thiophene rings is 1. The first kappa shape index (κ1) is 13.8. The summed E-state index contributed by atoms with van der Waals surface area (Å²) in [5.74, 6) is -1.27. The van der Waals surface area contributed by atoms with E-state index in [4.69, 9.17) is 0 Å². The largest absolute Gasteiger partial charge is 0.478 e. The van der Waals surface area contributed by atoms with Crippen molar-refractivity contribution in [3.05, 3.63) is 50.7 Å². The highest BCUT2D eigenvalue weighted by atomic mass is 32.1. The number of amides is 1. The third kappa shape index (κ3) is 2.56. The summed E-state index contributed by atoms with van der Waals surface area (Å²) >= 11 is 1.51. The molecule has 2 N–H and O–H groups in total. The molecule has 2 aromatic rings. The second-order valence-electron chi connectivity index (χ2n) is 5.17. The SMILES string of the molecule is Cc1cccc(C(=O)O)c1NC(=O)c1cc2c(s1)CCC2. The van der Waals surface area contributed by atoms with Gasteiger partial charge in [0.05, 0.1) is 16.1 Å². The molecule has 0 radical (unpaired) electrons. The molecule has 1 heterocycles. The first-order valence-electron chi connectivity index (χ1n) is 6.82. The predicted octanol–water partition coefficient (Wildman–Crippen LogP) is 3.50. The second kappa shape index (κ2) is 5.33.